The van der Waals surface area contributed by atoms with Crippen molar-refractivity contribution < 1.29 is 13.2 Å². The van der Waals surface area contributed by atoms with Crippen molar-refractivity contribution in [2.45, 2.75) is 43.2 Å². The van der Waals surface area contributed by atoms with Crippen molar-refractivity contribution in [3.05, 3.63) is 29.8 Å². The van der Waals surface area contributed by atoms with Gasteiger partial charge in [0.1, 0.15) is 0 Å². The first-order valence-corrected chi connectivity index (χ1v) is 8.84. The summed E-state index contributed by atoms with van der Waals surface area (Å²) < 4.78 is 31.8. The van der Waals surface area contributed by atoms with Crippen molar-refractivity contribution in [3.63, 3.8) is 0 Å². The van der Waals surface area contributed by atoms with E-state index in [2.05, 4.69) is 10.0 Å². The molecule has 1 aliphatic carbocycles. The van der Waals surface area contributed by atoms with Crippen molar-refractivity contribution in [2.75, 3.05) is 20.2 Å². The number of hydrogen-bond acceptors (Lipinski definition) is 4. The van der Waals surface area contributed by atoms with E-state index in [9.17, 15) is 8.42 Å². The molecule has 6 heteroatoms. The van der Waals surface area contributed by atoms with Crippen LogP contribution in [-0.4, -0.2) is 40.8 Å². The first-order valence-electron chi connectivity index (χ1n) is 7.36. The molecular weight excluding hydrogens is 288 g/mol. The monoisotopic (exact) mass is 312 g/mol. The molecule has 0 heterocycles. The van der Waals surface area contributed by atoms with E-state index in [1.54, 1.807) is 19.2 Å². The lowest BCUT2D eigenvalue weighted by molar-refractivity contribution is 0.122. The zero-order chi connectivity index (χ0) is 15.3. The standard InChI is InChI=1S/C15H24N2O3S/c1-12(20-2)11-17-21(18,19)15-7-3-13(4-8-15)9-10-16-14-5-6-14/h3-4,7-8,12,14,16-17H,5-6,9-11H2,1-2H3. The van der Waals surface area contributed by atoms with Crippen molar-refractivity contribution in [1.82, 2.24) is 10.0 Å². The van der Waals surface area contributed by atoms with Crippen LogP contribution in [0.15, 0.2) is 29.2 Å². The van der Waals surface area contributed by atoms with Gasteiger partial charge in [-0.05, 0) is 50.4 Å². The summed E-state index contributed by atoms with van der Waals surface area (Å²) in [6, 6.07) is 7.78. The van der Waals surface area contributed by atoms with Gasteiger partial charge in [0.05, 0.1) is 11.0 Å². The number of rotatable bonds is 9. The summed E-state index contributed by atoms with van der Waals surface area (Å²) in [4.78, 5) is 0.296. The molecule has 118 valence electrons. The topological polar surface area (TPSA) is 67.4 Å². The molecule has 1 atom stereocenters. The molecule has 2 rings (SSSR count). The van der Waals surface area contributed by atoms with E-state index in [0.29, 0.717) is 10.9 Å². The molecular formula is C15H24N2O3S. The zero-order valence-corrected chi connectivity index (χ0v) is 13.4. The highest BCUT2D eigenvalue weighted by Crippen LogP contribution is 2.18. The molecule has 0 saturated heterocycles. The largest absolute Gasteiger partial charge is 0.380 e. The van der Waals surface area contributed by atoms with Crippen LogP contribution in [0.1, 0.15) is 25.3 Å². The minimum Gasteiger partial charge on any atom is -0.380 e. The molecule has 1 aliphatic rings. The van der Waals surface area contributed by atoms with Crippen molar-refractivity contribution >= 4 is 10.0 Å². The maximum absolute atomic E-state index is 12.1. The van der Waals surface area contributed by atoms with Gasteiger partial charge in [-0.3, -0.25) is 0 Å². The molecule has 1 saturated carbocycles. The number of methoxy groups -OCH3 is 1. The average Bonchev–Trinajstić information content (AvgIpc) is 3.29. The third-order valence-corrected chi connectivity index (χ3v) is 5.06. The number of hydrogen-bond donors (Lipinski definition) is 2. The summed E-state index contributed by atoms with van der Waals surface area (Å²) in [5, 5.41) is 3.44. The van der Waals surface area contributed by atoms with Crippen LogP contribution in [0, 0.1) is 0 Å². The Morgan fingerprint density at radius 1 is 1.29 bits per heavy atom. The molecule has 2 N–H and O–H groups in total. The predicted molar refractivity (Wildman–Crippen MR) is 82.8 cm³/mol. The van der Waals surface area contributed by atoms with Crippen LogP contribution >= 0.6 is 0 Å². The molecule has 1 aromatic carbocycles. The van der Waals surface area contributed by atoms with Crippen molar-refractivity contribution in [3.8, 4) is 0 Å². The molecule has 0 aliphatic heterocycles. The second kappa shape index (κ2) is 7.35. The van der Waals surface area contributed by atoms with Gasteiger partial charge in [-0.25, -0.2) is 13.1 Å². The third kappa shape index (κ3) is 5.39. The normalized spacial score (nSPS) is 16.9. The average molecular weight is 312 g/mol. The third-order valence-electron chi connectivity index (χ3n) is 3.62. The Bertz CT molecular complexity index is 539. The van der Waals surface area contributed by atoms with Gasteiger partial charge >= 0.3 is 0 Å². The maximum Gasteiger partial charge on any atom is 0.240 e. The summed E-state index contributed by atoms with van der Waals surface area (Å²) in [6.07, 6.45) is 3.34. The zero-order valence-electron chi connectivity index (χ0n) is 12.6. The van der Waals surface area contributed by atoms with Crippen LogP contribution in [0.4, 0.5) is 0 Å². The Kier molecular flexibility index (Phi) is 5.75. The number of benzene rings is 1. The number of nitrogens with one attached hydrogen (secondary N) is 2. The fourth-order valence-electron chi connectivity index (χ4n) is 1.94. The Morgan fingerprint density at radius 2 is 1.95 bits per heavy atom. The Labute approximate surface area is 127 Å². The van der Waals surface area contributed by atoms with Crippen LogP contribution in [0.5, 0.6) is 0 Å². The lowest BCUT2D eigenvalue weighted by atomic mass is 10.1. The number of ether oxygens (including phenoxy) is 1. The van der Waals surface area contributed by atoms with Crippen LogP contribution in [0.2, 0.25) is 0 Å². The highest BCUT2D eigenvalue weighted by molar-refractivity contribution is 7.89. The van der Waals surface area contributed by atoms with E-state index in [-0.39, 0.29) is 12.6 Å². The summed E-state index contributed by atoms with van der Waals surface area (Å²) in [7, 11) is -1.89. The summed E-state index contributed by atoms with van der Waals surface area (Å²) in [6.45, 7) is 3.03. The molecule has 1 aromatic rings. The van der Waals surface area contributed by atoms with Crippen LogP contribution in [0.25, 0.3) is 0 Å². The van der Waals surface area contributed by atoms with Gasteiger partial charge in [0.25, 0.3) is 0 Å². The molecule has 0 radical (unpaired) electrons. The van der Waals surface area contributed by atoms with E-state index in [0.717, 1.165) is 18.5 Å². The molecule has 0 aromatic heterocycles. The van der Waals surface area contributed by atoms with Gasteiger partial charge in [-0.1, -0.05) is 12.1 Å². The lowest BCUT2D eigenvalue weighted by Crippen LogP contribution is -2.31. The molecule has 0 spiro atoms. The molecule has 21 heavy (non-hydrogen) atoms. The highest BCUT2D eigenvalue weighted by atomic mass is 32.2. The van der Waals surface area contributed by atoms with Crippen LogP contribution in [-0.2, 0) is 21.2 Å². The molecule has 0 bridgehead atoms. The summed E-state index contributed by atoms with van der Waals surface area (Å²) in [5.74, 6) is 0. The van der Waals surface area contributed by atoms with Gasteiger partial charge in [0.2, 0.25) is 10.0 Å². The molecule has 1 unspecified atom stereocenters. The van der Waals surface area contributed by atoms with E-state index in [4.69, 9.17) is 4.74 Å². The highest BCUT2D eigenvalue weighted by Gasteiger charge is 2.19. The maximum atomic E-state index is 12.1. The van der Waals surface area contributed by atoms with Crippen molar-refractivity contribution in [1.29, 1.82) is 0 Å². The van der Waals surface area contributed by atoms with E-state index in [1.165, 1.54) is 12.8 Å². The van der Waals surface area contributed by atoms with Gasteiger partial charge in [-0.15, -0.1) is 0 Å². The summed E-state index contributed by atoms with van der Waals surface area (Å²) >= 11 is 0. The first-order chi connectivity index (χ1) is 10.0. The fourth-order valence-corrected chi connectivity index (χ4v) is 3.05. The lowest BCUT2D eigenvalue weighted by Gasteiger charge is -2.11. The van der Waals surface area contributed by atoms with Gasteiger partial charge in [-0.2, -0.15) is 0 Å². The Morgan fingerprint density at radius 3 is 2.52 bits per heavy atom. The molecule has 0 amide bonds. The molecule has 5 nitrogen and oxygen atoms in total. The number of sulfonamides is 1. The SMILES string of the molecule is COC(C)CNS(=O)(=O)c1ccc(CCNC2CC2)cc1. The second-order valence-electron chi connectivity index (χ2n) is 5.52. The first kappa shape index (κ1) is 16.4. The van der Waals surface area contributed by atoms with Gasteiger partial charge in [0, 0.05) is 19.7 Å². The quantitative estimate of drug-likeness (QED) is 0.721. The smallest absolute Gasteiger partial charge is 0.240 e. The Balaban J connectivity index is 1.87. The fraction of sp³-hybridized carbons (Fsp3) is 0.600. The Hall–Kier alpha value is -0.950. The second-order valence-corrected chi connectivity index (χ2v) is 7.29. The van der Waals surface area contributed by atoms with Crippen molar-refractivity contribution in [2.24, 2.45) is 0 Å². The van der Waals surface area contributed by atoms with Gasteiger partial charge in [0.15, 0.2) is 0 Å². The van der Waals surface area contributed by atoms with E-state index < -0.39 is 10.0 Å². The minimum absolute atomic E-state index is 0.146. The summed E-state index contributed by atoms with van der Waals surface area (Å²) in [5.41, 5.74) is 1.15. The van der Waals surface area contributed by atoms with E-state index in [1.807, 2.05) is 19.1 Å². The van der Waals surface area contributed by atoms with E-state index >= 15 is 0 Å². The van der Waals surface area contributed by atoms with Crippen LogP contribution < -0.4 is 10.0 Å². The van der Waals surface area contributed by atoms with Gasteiger partial charge < -0.3 is 10.1 Å². The van der Waals surface area contributed by atoms with Crippen LogP contribution in [0.3, 0.4) is 0 Å². The molecule has 1 fully saturated rings. The minimum atomic E-state index is -3.45. The predicted octanol–water partition coefficient (Wildman–Crippen LogP) is 1.29.